The molecule has 0 radical (unpaired) electrons. The minimum Gasteiger partial charge on any atom is -0.297 e. The van der Waals surface area contributed by atoms with Gasteiger partial charge in [0.05, 0.1) is 6.04 Å². The number of rotatable bonds is 3. The Hall–Kier alpha value is -0.630. The molecule has 1 heterocycles. The summed E-state index contributed by atoms with van der Waals surface area (Å²) < 4.78 is 0. The molecule has 2 unspecified atom stereocenters. The van der Waals surface area contributed by atoms with Crippen molar-refractivity contribution in [2.24, 2.45) is 11.3 Å². The summed E-state index contributed by atoms with van der Waals surface area (Å²) in [5.74, 6) is 0.815. The van der Waals surface area contributed by atoms with Gasteiger partial charge in [0, 0.05) is 11.0 Å². The van der Waals surface area contributed by atoms with Gasteiger partial charge >= 0.3 is 0 Å². The maximum Gasteiger partial charge on any atom is 0.155 e. The van der Waals surface area contributed by atoms with Crippen LogP contribution in [0, 0.1) is 11.3 Å². The first-order chi connectivity index (χ1) is 8.09. The van der Waals surface area contributed by atoms with E-state index in [0.29, 0.717) is 11.7 Å². The van der Waals surface area contributed by atoms with Crippen molar-refractivity contribution in [3.05, 3.63) is 12.7 Å². The number of nitrogens with zero attached hydrogens (tertiary/aromatic N) is 1. The average Bonchev–Trinajstić information content (AvgIpc) is 2.58. The van der Waals surface area contributed by atoms with Crippen LogP contribution in [0.4, 0.5) is 0 Å². The molecule has 0 bridgehead atoms. The topological polar surface area (TPSA) is 20.3 Å². The van der Waals surface area contributed by atoms with E-state index in [2.05, 4.69) is 32.3 Å². The fourth-order valence-electron chi connectivity index (χ4n) is 2.87. The van der Waals surface area contributed by atoms with Crippen LogP contribution in [-0.2, 0) is 4.79 Å². The first-order valence-electron chi connectivity index (χ1n) is 7.01. The summed E-state index contributed by atoms with van der Waals surface area (Å²) in [4.78, 5) is 15.1. The molecule has 0 aliphatic carbocycles. The Morgan fingerprint density at radius 3 is 2.22 bits per heavy atom. The van der Waals surface area contributed by atoms with E-state index in [4.69, 9.17) is 0 Å². The Morgan fingerprint density at radius 1 is 1.28 bits per heavy atom. The molecule has 104 valence electrons. The molecule has 2 atom stereocenters. The molecule has 2 nitrogen and oxygen atoms in total. The summed E-state index contributed by atoms with van der Waals surface area (Å²) in [7, 11) is 0. The largest absolute Gasteiger partial charge is 0.297 e. The molecule has 0 N–H and O–H groups in total. The third-order valence-electron chi connectivity index (χ3n) is 3.86. The molecule has 0 aromatic carbocycles. The van der Waals surface area contributed by atoms with Gasteiger partial charge in [-0.15, -0.1) is 6.58 Å². The molecular weight excluding hydrogens is 222 g/mol. The molecule has 1 aliphatic heterocycles. The van der Waals surface area contributed by atoms with Gasteiger partial charge in [0.15, 0.2) is 5.78 Å². The van der Waals surface area contributed by atoms with Crippen LogP contribution in [-0.4, -0.2) is 28.8 Å². The van der Waals surface area contributed by atoms with Gasteiger partial charge in [-0.1, -0.05) is 26.8 Å². The van der Waals surface area contributed by atoms with Crippen molar-refractivity contribution in [2.45, 2.75) is 66.0 Å². The highest BCUT2D eigenvalue weighted by Gasteiger charge is 2.45. The van der Waals surface area contributed by atoms with E-state index < -0.39 is 0 Å². The van der Waals surface area contributed by atoms with Crippen LogP contribution in [0.15, 0.2) is 12.7 Å². The van der Waals surface area contributed by atoms with Gasteiger partial charge in [-0.3, -0.25) is 9.69 Å². The zero-order valence-corrected chi connectivity index (χ0v) is 12.9. The Labute approximate surface area is 112 Å². The van der Waals surface area contributed by atoms with Crippen LogP contribution in [0.5, 0.6) is 0 Å². The maximum absolute atomic E-state index is 12.7. The zero-order valence-electron chi connectivity index (χ0n) is 12.9. The second kappa shape index (κ2) is 5.16. The predicted molar refractivity (Wildman–Crippen MR) is 77.6 cm³/mol. The molecule has 0 aromatic rings. The minimum atomic E-state index is -0.266. The molecule has 0 aromatic heterocycles. The van der Waals surface area contributed by atoms with Gasteiger partial charge in [-0.25, -0.2) is 0 Å². The van der Waals surface area contributed by atoms with E-state index in [9.17, 15) is 4.79 Å². The van der Waals surface area contributed by atoms with E-state index >= 15 is 0 Å². The van der Waals surface area contributed by atoms with Crippen molar-refractivity contribution >= 4 is 5.78 Å². The summed E-state index contributed by atoms with van der Waals surface area (Å²) in [6.45, 7) is 17.5. The molecule has 1 saturated heterocycles. The summed E-state index contributed by atoms with van der Waals surface area (Å²) in [5.41, 5.74) is -0.209. The van der Waals surface area contributed by atoms with Crippen molar-refractivity contribution in [3.8, 4) is 0 Å². The number of likely N-dealkylation sites (tertiary alicyclic amines) is 1. The van der Waals surface area contributed by atoms with E-state index in [0.717, 1.165) is 19.4 Å². The second-order valence-corrected chi connectivity index (χ2v) is 7.50. The molecule has 0 saturated carbocycles. The zero-order chi connectivity index (χ0) is 14.1. The number of Topliss-reactive ketones (excluding diaryl/α,β-unsaturated/α-hetero) is 1. The average molecular weight is 251 g/mol. The SMILES string of the molecule is C=CCC1CCN(C(C)(C)C)C1C(=O)C(C)(C)C. The molecule has 1 aliphatic rings. The van der Waals surface area contributed by atoms with E-state index in [1.54, 1.807) is 0 Å². The minimum absolute atomic E-state index is 0.0570. The van der Waals surface area contributed by atoms with Crippen molar-refractivity contribution in [1.29, 1.82) is 0 Å². The van der Waals surface area contributed by atoms with E-state index in [1.165, 1.54) is 0 Å². The van der Waals surface area contributed by atoms with E-state index in [-0.39, 0.29) is 17.0 Å². The highest BCUT2D eigenvalue weighted by Crippen LogP contribution is 2.37. The van der Waals surface area contributed by atoms with Gasteiger partial charge < -0.3 is 0 Å². The lowest BCUT2D eigenvalue weighted by atomic mass is 9.80. The lowest BCUT2D eigenvalue weighted by Gasteiger charge is -2.40. The first kappa shape index (κ1) is 15.4. The highest BCUT2D eigenvalue weighted by atomic mass is 16.1. The summed E-state index contributed by atoms with van der Waals surface area (Å²) in [6.07, 6.45) is 4.01. The molecule has 2 heteroatoms. The number of hydrogen-bond acceptors (Lipinski definition) is 2. The van der Waals surface area contributed by atoms with Crippen molar-refractivity contribution < 1.29 is 4.79 Å². The fraction of sp³-hybridized carbons (Fsp3) is 0.812. The van der Waals surface area contributed by atoms with Crippen molar-refractivity contribution in [3.63, 3.8) is 0 Å². The number of ketones is 1. The number of hydrogen-bond donors (Lipinski definition) is 0. The van der Waals surface area contributed by atoms with Gasteiger partial charge in [-0.05, 0) is 46.1 Å². The monoisotopic (exact) mass is 251 g/mol. The molecule has 0 amide bonds. The highest BCUT2D eigenvalue weighted by molar-refractivity contribution is 5.89. The quantitative estimate of drug-likeness (QED) is 0.713. The Balaban J connectivity index is 3.03. The van der Waals surface area contributed by atoms with Crippen LogP contribution in [0.1, 0.15) is 54.4 Å². The smallest absolute Gasteiger partial charge is 0.155 e. The summed E-state index contributed by atoms with van der Waals surface area (Å²) in [5, 5.41) is 0. The van der Waals surface area contributed by atoms with Gasteiger partial charge in [-0.2, -0.15) is 0 Å². The number of allylic oxidation sites excluding steroid dienone is 1. The number of carbonyl (C=O) groups is 1. The molecule has 0 spiro atoms. The van der Waals surface area contributed by atoms with Crippen molar-refractivity contribution in [1.82, 2.24) is 4.90 Å². The van der Waals surface area contributed by atoms with Crippen LogP contribution < -0.4 is 0 Å². The molecule has 1 fully saturated rings. The lowest BCUT2D eigenvalue weighted by Crippen LogP contribution is -2.52. The van der Waals surface area contributed by atoms with Gasteiger partial charge in [0.25, 0.3) is 0 Å². The number of carbonyl (C=O) groups excluding carboxylic acids is 1. The second-order valence-electron chi connectivity index (χ2n) is 7.50. The third-order valence-corrected chi connectivity index (χ3v) is 3.86. The van der Waals surface area contributed by atoms with Crippen LogP contribution in [0.25, 0.3) is 0 Å². The Bertz CT molecular complexity index is 319. The maximum atomic E-state index is 12.7. The van der Waals surface area contributed by atoms with Crippen molar-refractivity contribution in [2.75, 3.05) is 6.54 Å². The normalized spacial score (nSPS) is 26.3. The third kappa shape index (κ3) is 3.23. The lowest BCUT2D eigenvalue weighted by molar-refractivity contribution is -0.133. The molecular formula is C16H29NO. The predicted octanol–water partition coefficient (Wildman–Crippen LogP) is 3.67. The van der Waals surface area contributed by atoms with Crippen LogP contribution in [0.2, 0.25) is 0 Å². The summed E-state index contributed by atoms with van der Waals surface area (Å²) >= 11 is 0. The molecule has 18 heavy (non-hydrogen) atoms. The molecule has 1 rings (SSSR count). The van der Waals surface area contributed by atoms with E-state index in [1.807, 2.05) is 26.8 Å². The standard InChI is InChI=1S/C16H29NO/c1-8-9-12-10-11-17(16(5,6)7)13(12)14(18)15(2,3)4/h8,12-13H,1,9-11H2,2-7H3. The van der Waals surface area contributed by atoms with Crippen LogP contribution in [0.3, 0.4) is 0 Å². The van der Waals surface area contributed by atoms with Gasteiger partial charge in [0.1, 0.15) is 0 Å². The van der Waals surface area contributed by atoms with Crippen LogP contribution >= 0.6 is 0 Å². The Morgan fingerprint density at radius 2 is 1.83 bits per heavy atom. The first-order valence-corrected chi connectivity index (χ1v) is 7.01. The van der Waals surface area contributed by atoms with Gasteiger partial charge in [0.2, 0.25) is 0 Å². The fourth-order valence-corrected chi connectivity index (χ4v) is 2.87. The summed E-state index contributed by atoms with van der Waals surface area (Å²) in [6, 6.07) is 0.0583. The Kier molecular flexibility index (Phi) is 4.42.